The number of anilines is 1. The molecule has 2 fully saturated rings. The number of piperidine rings is 2. The van der Waals surface area contributed by atoms with E-state index < -0.39 is 0 Å². The van der Waals surface area contributed by atoms with Crippen molar-refractivity contribution in [2.75, 3.05) is 31.1 Å². The van der Waals surface area contributed by atoms with Crippen LogP contribution in [-0.2, 0) is 0 Å². The Bertz CT molecular complexity index is 597. The van der Waals surface area contributed by atoms with Gasteiger partial charge in [-0.1, -0.05) is 0 Å². The van der Waals surface area contributed by atoms with E-state index in [1.54, 1.807) is 17.7 Å². The standard InChI is InChI=1S/C15H20N4S/c1-4-15(9-16-6-1)5-2-7-19(10-15)14-13-12(3-8-20-13)17-11-18-14/h3,8,11,16H,1-2,4-7,9-10H2. The van der Waals surface area contributed by atoms with Gasteiger partial charge in [0.05, 0.1) is 10.2 Å². The molecule has 0 saturated carbocycles. The van der Waals surface area contributed by atoms with Crippen molar-refractivity contribution in [2.24, 2.45) is 5.41 Å². The summed E-state index contributed by atoms with van der Waals surface area (Å²) in [6, 6.07) is 2.09. The third kappa shape index (κ3) is 2.09. The fourth-order valence-corrected chi connectivity index (χ4v) is 4.63. The molecule has 4 rings (SSSR count). The molecule has 20 heavy (non-hydrogen) atoms. The fourth-order valence-electron chi connectivity index (χ4n) is 3.77. The van der Waals surface area contributed by atoms with E-state index in [0.29, 0.717) is 5.41 Å². The lowest BCUT2D eigenvalue weighted by atomic mass is 9.74. The second-order valence-electron chi connectivity index (χ2n) is 6.14. The van der Waals surface area contributed by atoms with Crippen LogP contribution in [0.1, 0.15) is 25.7 Å². The molecule has 0 aromatic carbocycles. The Hall–Kier alpha value is -1.20. The highest BCUT2D eigenvalue weighted by molar-refractivity contribution is 7.17. The molecule has 1 unspecified atom stereocenters. The minimum Gasteiger partial charge on any atom is -0.355 e. The highest BCUT2D eigenvalue weighted by Crippen LogP contribution is 2.39. The van der Waals surface area contributed by atoms with Gasteiger partial charge in [-0.05, 0) is 43.7 Å². The monoisotopic (exact) mass is 288 g/mol. The molecule has 2 aliphatic heterocycles. The summed E-state index contributed by atoms with van der Waals surface area (Å²) in [5.41, 5.74) is 1.55. The summed E-state index contributed by atoms with van der Waals surface area (Å²) in [6.07, 6.45) is 7.01. The van der Waals surface area contributed by atoms with Crippen LogP contribution < -0.4 is 10.2 Å². The molecular formula is C15H20N4S. The first-order chi connectivity index (χ1) is 9.86. The molecule has 4 heterocycles. The summed E-state index contributed by atoms with van der Waals surface area (Å²) in [7, 11) is 0. The summed E-state index contributed by atoms with van der Waals surface area (Å²) in [6.45, 7) is 4.63. The number of rotatable bonds is 1. The first kappa shape index (κ1) is 12.5. The van der Waals surface area contributed by atoms with Gasteiger partial charge >= 0.3 is 0 Å². The molecule has 4 nitrogen and oxygen atoms in total. The molecule has 0 radical (unpaired) electrons. The number of nitrogens with zero attached hydrogens (tertiary/aromatic N) is 3. The minimum absolute atomic E-state index is 0.463. The molecule has 0 aliphatic carbocycles. The third-order valence-electron chi connectivity index (χ3n) is 4.75. The zero-order valence-electron chi connectivity index (χ0n) is 11.6. The normalized spacial score (nSPS) is 27.3. The van der Waals surface area contributed by atoms with E-state index >= 15 is 0 Å². The Labute approximate surface area is 123 Å². The van der Waals surface area contributed by atoms with Gasteiger partial charge in [0.25, 0.3) is 0 Å². The number of hydrogen-bond donors (Lipinski definition) is 1. The maximum Gasteiger partial charge on any atom is 0.150 e. The Balaban J connectivity index is 1.66. The lowest BCUT2D eigenvalue weighted by molar-refractivity contribution is 0.173. The highest BCUT2D eigenvalue weighted by atomic mass is 32.1. The zero-order valence-corrected chi connectivity index (χ0v) is 12.5. The van der Waals surface area contributed by atoms with Crippen LogP contribution in [0.4, 0.5) is 5.82 Å². The van der Waals surface area contributed by atoms with Gasteiger partial charge < -0.3 is 10.2 Å². The third-order valence-corrected chi connectivity index (χ3v) is 5.65. The minimum atomic E-state index is 0.463. The van der Waals surface area contributed by atoms with Crippen LogP contribution in [0.15, 0.2) is 17.8 Å². The van der Waals surface area contributed by atoms with Gasteiger partial charge in [0.15, 0.2) is 0 Å². The lowest BCUT2D eigenvalue weighted by Gasteiger charge is -2.45. The van der Waals surface area contributed by atoms with Crippen molar-refractivity contribution in [3.8, 4) is 0 Å². The zero-order chi connectivity index (χ0) is 13.4. The molecule has 0 bridgehead atoms. The second kappa shape index (κ2) is 4.97. The Morgan fingerprint density at radius 3 is 3.10 bits per heavy atom. The summed E-state index contributed by atoms with van der Waals surface area (Å²) in [5.74, 6) is 1.15. The van der Waals surface area contributed by atoms with Crippen LogP contribution in [-0.4, -0.2) is 36.1 Å². The molecule has 2 saturated heterocycles. The molecule has 0 amide bonds. The average molecular weight is 288 g/mol. The van der Waals surface area contributed by atoms with Crippen molar-refractivity contribution >= 4 is 27.4 Å². The number of nitrogens with one attached hydrogen (secondary N) is 1. The van der Waals surface area contributed by atoms with Crippen molar-refractivity contribution in [1.29, 1.82) is 0 Å². The van der Waals surface area contributed by atoms with E-state index in [1.807, 2.05) is 0 Å². The molecule has 1 atom stereocenters. The van der Waals surface area contributed by atoms with E-state index in [2.05, 4.69) is 31.6 Å². The van der Waals surface area contributed by atoms with Crippen LogP contribution in [0.2, 0.25) is 0 Å². The molecule has 106 valence electrons. The maximum atomic E-state index is 4.59. The lowest BCUT2D eigenvalue weighted by Crippen LogP contribution is -2.51. The Morgan fingerprint density at radius 1 is 1.25 bits per heavy atom. The van der Waals surface area contributed by atoms with Crippen molar-refractivity contribution in [3.05, 3.63) is 17.8 Å². The van der Waals surface area contributed by atoms with Gasteiger partial charge in [0, 0.05) is 25.0 Å². The molecule has 2 aromatic heterocycles. The molecule has 1 N–H and O–H groups in total. The number of thiophene rings is 1. The molecule has 5 heteroatoms. The van der Waals surface area contributed by atoms with Crippen molar-refractivity contribution in [1.82, 2.24) is 15.3 Å². The van der Waals surface area contributed by atoms with E-state index in [1.165, 1.54) is 43.5 Å². The second-order valence-corrected chi connectivity index (χ2v) is 7.05. The predicted molar refractivity (Wildman–Crippen MR) is 83.4 cm³/mol. The smallest absolute Gasteiger partial charge is 0.150 e. The van der Waals surface area contributed by atoms with Gasteiger partial charge in [0.2, 0.25) is 0 Å². The van der Waals surface area contributed by atoms with Crippen LogP contribution in [0.3, 0.4) is 0 Å². The average Bonchev–Trinajstić information content (AvgIpc) is 2.96. The quantitative estimate of drug-likeness (QED) is 0.876. The molecule has 1 spiro atoms. The summed E-state index contributed by atoms with van der Waals surface area (Å²) < 4.78 is 1.24. The van der Waals surface area contributed by atoms with Gasteiger partial charge in [-0.3, -0.25) is 0 Å². The van der Waals surface area contributed by atoms with Crippen LogP contribution >= 0.6 is 11.3 Å². The topological polar surface area (TPSA) is 41.1 Å². The fraction of sp³-hybridized carbons (Fsp3) is 0.600. The van der Waals surface area contributed by atoms with Gasteiger partial charge in [-0.15, -0.1) is 11.3 Å². The van der Waals surface area contributed by atoms with E-state index in [4.69, 9.17) is 0 Å². The number of aromatic nitrogens is 2. The van der Waals surface area contributed by atoms with Crippen molar-refractivity contribution < 1.29 is 0 Å². The van der Waals surface area contributed by atoms with Crippen molar-refractivity contribution in [3.63, 3.8) is 0 Å². The molecule has 2 aliphatic rings. The molecular weight excluding hydrogens is 268 g/mol. The summed E-state index contributed by atoms with van der Waals surface area (Å²) in [4.78, 5) is 11.4. The van der Waals surface area contributed by atoms with Crippen LogP contribution in [0.5, 0.6) is 0 Å². The van der Waals surface area contributed by atoms with Gasteiger partial charge in [-0.2, -0.15) is 0 Å². The molecule has 2 aromatic rings. The van der Waals surface area contributed by atoms with E-state index in [-0.39, 0.29) is 0 Å². The summed E-state index contributed by atoms with van der Waals surface area (Å²) in [5, 5.41) is 5.71. The largest absolute Gasteiger partial charge is 0.355 e. The maximum absolute atomic E-state index is 4.59. The SMILES string of the molecule is c1nc(N2CCCC3(CCCNC3)C2)c2sccc2n1. The number of fused-ring (bicyclic) bond motifs is 1. The highest BCUT2D eigenvalue weighted by Gasteiger charge is 2.37. The first-order valence-electron chi connectivity index (χ1n) is 7.50. The first-order valence-corrected chi connectivity index (χ1v) is 8.38. The summed E-state index contributed by atoms with van der Waals surface area (Å²) >= 11 is 1.76. The van der Waals surface area contributed by atoms with Gasteiger partial charge in [0.1, 0.15) is 12.1 Å². The van der Waals surface area contributed by atoms with Crippen molar-refractivity contribution in [2.45, 2.75) is 25.7 Å². The number of hydrogen-bond acceptors (Lipinski definition) is 5. The van der Waals surface area contributed by atoms with Gasteiger partial charge in [-0.25, -0.2) is 9.97 Å². The predicted octanol–water partition coefficient (Wildman–Crippen LogP) is 2.66. The van der Waals surface area contributed by atoms with Crippen LogP contribution in [0, 0.1) is 5.41 Å². The Kier molecular flexibility index (Phi) is 3.11. The Morgan fingerprint density at radius 2 is 2.20 bits per heavy atom. The van der Waals surface area contributed by atoms with Crippen LogP contribution in [0.25, 0.3) is 10.2 Å². The van der Waals surface area contributed by atoms with E-state index in [0.717, 1.165) is 24.4 Å². The van der Waals surface area contributed by atoms with E-state index in [9.17, 15) is 0 Å².